The van der Waals surface area contributed by atoms with Crippen LogP contribution in [0.25, 0.3) is 0 Å². The minimum atomic E-state index is -0.930. The van der Waals surface area contributed by atoms with E-state index in [0.717, 1.165) is 5.56 Å². The molecule has 0 radical (unpaired) electrons. The highest BCUT2D eigenvalue weighted by Crippen LogP contribution is 2.27. The molecule has 1 atom stereocenters. The molecule has 1 aromatic heterocycles. The Balaban J connectivity index is 2.31. The van der Waals surface area contributed by atoms with Gasteiger partial charge in [-0.1, -0.05) is 18.2 Å². The number of anilines is 1. The number of aromatic nitrogens is 4. The maximum atomic E-state index is 12.7. The molecule has 8 nitrogen and oxygen atoms in total. The zero-order valence-electron chi connectivity index (χ0n) is 13.5. The number of carbonyl (C=O) groups excluding carboxylic acids is 2. The van der Waals surface area contributed by atoms with Gasteiger partial charge in [0.15, 0.2) is 5.82 Å². The van der Waals surface area contributed by atoms with Crippen LogP contribution in [0.2, 0.25) is 0 Å². The summed E-state index contributed by atoms with van der Waals surface area (Å²) >= 11 is 0. The van der Waals surface area contributed by atoms with Gasteiger partial charge in [0.05, 0.1) is 12.7 Å². The van der Waals surface area contributed by atoms with Gasteiger partial charge in [-0.25, -0.2) is 4.79 Å². The number of benzene rings is 1. The number of esters is 1. The maximum Gasteiger partial charge on any atom is 0.337 e. The third-order valence-corrected chi connectivity index (χ3v) is 3.95. The van der Waals surface area contributed by atoms with Crippen LogP contribution in [-0.4, -0.2) is 39.6 Å². The summed E-state index contributed by atoms with van der Waals surface area (Å²) in [6.07, 6.45) is 0.494. The van der Waals surface area contributed by atoms with Gasteiger partial charge in [0, 0.05) is 5.69 Å². The quantitative estimate of drug-likeness (QED) is 0.811. The molecule has 0 fully saturated rings. The van der Waals surface area contributed by atoms with Gasteiger partial charge < -0.3 is 10.1 Å². The predicted octanol–water partition coefficient (Wildman–Crippen LogP) is 1.60. The van der Waals surface area contributed by atoms with Crippen LogP contribution in [0.1, 0.15) is 42.0 Å². The lowest BCUT2D eigenvalue weighted by atomic mass is 9.85. The Morgan fingerprint density at radius 3 is 2.70 bits per heavy atom. The largest absolute Gasteiger partial charge is 0.465 e. The normalized spacial score (nSPS) is 13.2. The molecule has 2 rings (SSSR count). The maximum absolute atomic E-state index is 12.7. The summed E-state index contributed by atoms with van der Waals surface area (Å²) in [5.74, 6) is -0.414. The third kappa shape index (κ3) is 3.20. The van der Waals surface area contributed by atoms with E-state index < -0.39 is 11.4 Å². The number of H-pyrrole nitrogens is 1. The molecular weight excluding hydrogens is 298 g/mol. The lowest BCUT2D eigenvalue weighted by molar-refractivity contribution is -0.121. The molecule has 0 saturated heterocycles. The Morgan fingerprint density at radius 1 is 1.39 bits per heavy atom. The molecule has 23 heavy (non-hydrogen) atoms. The fourth-order valence-electron chi connectivity index (χ4n) is 2.08. The third-order valence-electron chi connectivity index (χ3n) is 3.95. The van der Waals surface area contributed by atoms with Crippen molar-refractivity contribution in [2.75, 3.05) is 12.4 Å². The first kappa shape index (κ1) is 16.6. The minimum Gasteiger partial charge on any atom is -0.465 e. The number of tetrazole rings is 1. The highest BCUT2D eigenvalue weighted by molar-refractivity contribution is 6.00. The van der Waals surface area contributed by atoms with Crippen LogP contribution < -0.4 is 5.32 Å². The van der Waals surface area contributed by atoms with Crippen molar-refractivity contribution in [2.24, 2.45) is 0 Å². The highest BCUT2D eigenvalue weighted by atomic mass is 16.5. The molecule has 0 aliphatic rings. The van der Waals surface area contributed by atoms with E-state index in [2.05, 4.69) is 25.9 Å². The highest BCUT2D eigenvalue weighted by Gasteiger charge is 2.37. The smallest absolute Gasteiger partial charge is 0.337 e. The molecule has 0 bridgehead atoms. The summed E-state index contributed by atoms with van der Waals surface area (Å²) in [6, 6.07) is 4.99. The monoisotopic (exact) mass is 317 g/mol. The van der Waals surface area contributed by atoms with E-state index in [1.807, 2.05) is 13.8 Å². The molecule has 122 valence electrons. The van der Waals surface area contributed by atoms with Gasteiger partial charge >= 0.3 is 5.97 Å². The van der Waals surface area contributed by atoms with E-state index in [4.69, 9.17) is 4.74 Å². The summed E-state index contributed by atoms with van der Waals surface area (Å²) in [5.41, 5.74) is 0.811. The Kier molecular flexibility index (Phi) is 4.73. The molecule has 0 spiro atoms. The lowest BCUT2D eigenvalue weighted by Crippen LogP contribution is -2.38. The zero-order chi connectivity index (χ0) is 17.0. The number of carbonyl (C=O) groups is 2. The number of nitrogens with one attached hydrogen (secondary N) is 2. The lowest BCUT2D eigenvalue weighted by Gasteiger charge is -2.23. The number of nitrogens with zero attached hydrogens (tertiary/aromatic N) is 3. The Morgan fingerprint density at radius 2 is 2.13 bits per heavy atom. The summed E-state index contributed by atoms with van der Waals surface area (Å²) in [7, 11) is 1.31. The van der Waals surface area contributed by atoms with Crippen LogP contribution >= 0.6 is 0 Å². The second-order valence-corrected chi connectivity index (χ2v) is 5.40. The van der Waals surface area contributed by atoms with E-state index in [0.29, 0.717) is 23.5 Å². The Labute approximate surface area is 133 Å². The first-order valence-corrected chi connectivity index (χ1v) is 7.16. The fraction of sp³-hybridized carbons (Fsp3) is 0.400. The molecule has 0 saturated carbocycles. The molecule has 2 N–H and O–H groups in total. The van der Waals surface area contributed by atoms with Crippen molar-refractivity contribution in [1.82, 2.24) is 20.6 Å². The number of aromatic amines is 1. The zero-order valence-corrected chi connectivity index (χ0v) is 13.5. The molecule has 1 heterocycles. The van der Waals surface area contributed by atoms with Crippen molar-refractivity contribution in [1.29, 1.82) is 0 Å². The molecule has 0 aliphatic heterocycles. The van der Waals surface area contributed by atoms with Gasteiger partial charge in [-0.15, -0.1) is 10.2 Å². The molecular formula is C15H19N5O3. The number of amides is 1. The number of hydrogen-bond donors (Lipinski definition) is 2. The average molecular weight is 317 g/mol. The first-order valence-electron chi connectivity index (χ1n) is 7.16. The van der Waals surface area contributed by atoms with E-state index >= 15 is 0 Å². The molecule has 1 aromatic carbocycles. The van der Waals surface area contributed by atoms with Gasteiger partial charge in [0.25, 0.3) is 0 Å². The summed E-state index contributed by atoms with van der Waals surface area (Å²) in [6.45, 7) is 5.45. The van der Waals surface area contributed by atoms with Crippen LogP contribution in [0.15, 0.2) is 18.2 Å². The van der Waals surface area contributed by atoms with E-state index in [-0.39, 0.29) is 5.91 Å². The second-order valence-electron chi connectivity index (χ2n) is 5.40. The van der Waals surface area contributed by atoms with Crippen LogP contribution in [0.4, 0.5) is 5.69 Å². The average Bonchev–Trinajstić information content (AvgIpc) is 3.10. The SMILES string of the molecule is CCC(C)(C(=O)Nc1cc(C(=O)OC)ccc1C)c1nn[nH]n1. The number of hydrogen-bond acceptors (Lipinski definition) is 6. The van der Waals surface area contributed by atoms with Gasteiger partial charge in [-0.3, -0.25) is 4.79 Å². The van der Waals surface area contributed by atoms with Crippen LogP contribution in [0.5, 0.6) is 0 Å². The molecule has 0 aliphatic carbocycles. The van der Waals surface area contributed by atoms with Crippen molar-refractivity contribution in [3.05, 3.63) is 35.2 Å². The Bertz CT molecular complexity index is 714. The molecule has 2 aromatic rings. The van der Waals surface area contributed by atoms with Crippen molar-refractivity contribution in [3.8, 4) is 0 Å². The van der Waals surface area contributed by atoms with Crippen LogP contribution in [0.3, 0.4) is 0 Å². The predicted molar refractivity (Wildman–Crippen MR) is 83.0 cm³/mol. The molecule has 1 amide bonds. The van der Waals surface area contributed by atoms with Crippen molar-refractivity contribution >= 4 is 17.6 Å². The molecule has 8 heteroatoms. The standard InChI is InChI=1S/C15H19N5O3/c1-5-15(3,13-17-19-20-18-13)14(22)16-11-8-10(12(21)23-4)7-6-9(11)2/h6-8H,5H2,1-4H3,(H,16,22)(H,17,18,19,20). The minimum absolute atomic E-state index is 0.272. The van der Waals surface area contributed by atoms with Gasteiger partial charge in [-0.2, -0.15) is 5.21 Å². The topological polar surface area (TPSA) is 110 Å². The van der Waals surface area contributed by atoms with Crippen LogP contribution in [0, 0.1) is 6.92 Å². The van der Waals surface area contributed by atoms with Crippen molar-refractivity contribution in [2.45, 2.75) is 32.6 Å². The first-order chi connectivity index (χ1) is 10.9. The van der Waals surface area contributed by atoms with Gasteiger partial charge in [0.2, 0.25) is 5.91 Å². The van der Waals surface area contributed by atoms with Gasteiger partial charge in [-0.05, 0) is 38.0 Å². The van der Waals surface area contributed by atoms with E-state index in [1.54, 1.807) is 25.1 Å². The number of aryl methyl sites for hydroxylation is 1. The number of rotatable bonds is 5. The molecule has 1 unspecified atom stereocenters. The van der Waals surface area contributed by atoms with Gasteiger partial charge in [0.1, 0.15) is 5.41 Å². The van der Waals surface area contributed by atoms with Crippen molar-refractivity contribution < 1.29 is 14.3 Å². The van der Waals surface area contributed by atoms with E-state index in [9.17, 15) is 9.59 Å². The Hall–Kier alpha value is -2.77. The summed E-state index contributed by atoms with van der Waals surface area (Å²) in [5, 5.41) is 16.6. The summed E-state index contributed by atoms with van der Waals surface area (Å²) < 4.78 is 4.70. The number of methoxy groups -OCH3 is 1. The second kappa shape index (κ2) is 6.55. The summed E-state index contributed by atoms with van der Waals surface area (Å²) in [4.78, 5) is 24.4. The fourth-order valence-corrected chi connectivity index (χ4v) is 2.08. The van der Waals surface area contributed by atoms with Crippen molar-refractivity contribution in [3.63, 3.8) is 0 Å². The van der Waals surface area contributed by atoms with Crippen LogP contribution in [-0.2, 0) is 14.9 Å². The van der Waals surface area contributed by atoms with E-state index in [1.165, 1.54) is 7.11 Å². The number of ether oxygens (including phenoxy) is 1.